The number of hydrogen-bond donors (Lipinski definition) is 0. The van der Waals surface area contributed by atoms with Crippen molar-refractivity contribution in [2.24, 2.45) is 0 Å². The molecule has 1 aliphatic heterocycles. The van der Waals surface area contributed by atoms with E-state index in [-0.39, 0.29) is 0 Å². The van der Waals surface area contributed by atoms with E-state index in [1.165, 1.54) is 11.8 Å². The SMILES string of the molecule is Clc1cc(CSc2nnc(-c3ccc(Br)cc3)o2)cc2c1OCCCO2. The molecule has 134 valence electrons. The van der Waals surface area contributed by atoms with E-state index < -0.39 is 0 Å². The lowest BCUT2D eigenvalue weighted by molar-refractivity contribution is 0.297. The summed E-state index contributed by atoms with van der Waals surface area (Å²) in [5.41, 5.74) is 1.89. The maximum absolute atomic E-state index is 6.33. The van der Waals surface area contributed by atoms with Crippen molar-refractivity contribution in [1.82, 2.24) is 10.2 Å². The van der Waals surface area contributed by atoms with Crippen molar-refractivity contribution in [2.75, 3.05) is 13.2 Å². The summed E-state index contributed by atoms with van der Waals surface area (Å²) in [6.07, 6.45) is 0.843. The van der Waals surface area contributed by atoms with Crippen LogP contribution in [0.25, 0.3) is 11.5 Å². The topological polar surface area (TPSA) is 57.4 Å². The minimum Gasteiger partial charge on any atom is -0.489 e. The maximum atomic E-state index is 6.33. The van der Waals surface area contributed by atoms with E-state index in [9.17, 15) is 0 Å². The molecule has 4 rings (SSSR count). The van der Waals surface area contributed by atoms with Gasteiger partial charge in [0.1, 0.15) is 0 Å². The second kappa shape index (κ2) is 7.90. The molecule has 0 radical (unpaired) electrons. The molecule has 1 aromatic heterocycles. The first-order valence-electron chi connectivity index (χ1n) is 7.99. The van der Waals surface area contributed by atoms with Crippen molar-refractivity contribution < 1.29 is 13.9 Å². The second-order valence-electron chi connectivity index (χ2n) is 5.62. The third kappa shape index (κ3) is 4.00. The van der Waals surface area contributed by atoms with Crippen LogP contribution < -0.4 is 9.47 Å². The van der Waals surface area contributed by atoms with Gasteiger partial charge in [0.15, 0.2) is 11.5 Å². The molecule has 0 saturated heterocycles. The van der Waals surface area contributed by atoms with Crippen molar-refractivity contribution in [3.63, 3.8) is 0 Å². The molecular weight excluding hydrogens is 440 g/mol. The van der Waals surface area contributed by atoms with Crippen molar-refractivity contribution in [3.05, 3.63) is 51.5 Å². The lowest BCUT2D eigenvalue weighted by Gasteiger charge is -2.10. The Labute approximate surface area is 168 Å². The number of ether oxygens (including phenoxy) is 2. The molecule has 26 heavy (non-hydrogen) atoms. The summed E-state index contributed by atoms with van der Waals surface area (Å²) in [5.74, 6) is 2.44. The average Bonchev–Trinajstić information content (AvgIpc) is 2.98. The minimum atomic E-state index is 0.497. The zero-order chi connectivity index (χ0) is 17.9. The third-order valence-corrected chi connectivity index (χ3v) is 5.42. The molecule has 0 amide bonds. The second-order valence-corrected chi connectivity index (χ2v) is 7.87. The van der Waals surface area contributed by atoms with Gasteiger partial charge in [-0.1, -0.05) is 39.3 Å². The van der Waals surface area contributed by atoms with Gasteiger partial charge in [0, 0.05) is 22.2 Å². The standard InChI is InChI=1S/C18H14BrClN2O3S/c19-13-4-2-12(3-5-13)17-21-22-18(25-17)26-10-11-8-14(20)16-15(9-11)23-6-1-7-24-16/h2-5,8-9H,1,6-7,10H2. The highest BCUT2D eigenvalue weighted by molar-refractivity contribution is 9.10. The normalized spacial score (nSPS) is 13.5. The lowest BCUT2D eigenvalue weighted by atomic mass is 10.2. The van der Waals surface area contributed by atoms with Crippen molar-refractivity contribution >= 4 is 39.3 Å². The van der Waals surface area contributed by atoms with Gasteiger partial charge in [0.05, 0.1) is 18.2 Å². The van der Waals surface area contributed by atoms with Crippen LogP contribution in [-0.2, 0) is 5.75 Å². The predicted molar refractivity (Wildman–Crippen MR) is 104 cm³/mol. The van der Waals surface area contributed by atoms with E-state index in [2.05, 4.69) is 26.1 Å². The van der Waals surface area contributed by atoms with Crippen molar-refractivity contribution in [1.29, 1.82) is 0 Å². The van der Waals surface area contributed by atoms with Crippen LogP contribution in [0.1, 0.15) is 12.0 Å². The Hall–Kier alpha value is -1.70. The molecule has 0 spiro atoms. The summed E-state index contributed by atoms with van der Waals surface area (Å²) in [6, 6.07) is 11.6. The van der Waals surface area contributed by atoms with Crippen LogP contribution in [0.2, 0.25) is 5.02 Å². The van der Waals surface area contributed by atoms with E-state index in [1.807, 2.05) is 36.4 Å². The van der Waals surface area contributed by atoms with E-state index >= 15 is 0 Å². The van der Waals surface area contributed by atoms with Gasteiger partial charge in [-0.3, -0.25) is 0 Å². The number of thioether (sulfide) groups is 1. The summed E-state index contributed by atoms with van der Waals surface area (Å²) in [6.45, 7) is 1.24. The Morgan fingerprint density at radius 3 is 2.73 bits per heavy atom. The van der Waals surface area contributed by atoms with Gasteiger partial charge in [-0.15, -0.1) is 10.2 Å². The Morgan fingerprint density at radius 2 is 1.88 bits per heavy atom. The summed E-state index contributed by atoms with van der Waals surface area (Å²) in [5, 5.41) is 9.27. The van der Waals surface area contributed by atoms with E-state index in [1.54, 1.807) is 0 Å². The van der Waals surface area contributed by atoms with E-state index in [0.717, 1.165) is 22.0 Å². The highest BCUT2D eigenvalue weighted by Gasteiger charge is 2.16. The average molecular weight is 454 g/mol. The quantitative estimate of drug-likeness (QED) is 0.479. The molecule has 8 heteroatoms. The van der Waals surface area contributed by atoms with Crippen molar-refractivity contribution in [2.45, 2.75) is 17.4 Å². The first kappa shape index (κ1) is 17.7. The number of rotatable bonds is 4. The molecule has 2 aromatic carbocycles. The first-order chi connectivity index (χ1) is 12.7. The van der Waals surface area contributed by atoms with Gasteiger partial charge in [-0.2, -0.15) is 0 Å². The van der Waals surface area contributed by atoms with Crippen LogP contribution in [0, 0.1) is 0 Å². The van der Waals surface area contributed by atoms with Crippen LogP contribution in [-0.4, -0.2) is 23.4 Å². The predicted octanol–water partition coefficient (Wildman–Crippen LogP) is 5.61. The molecule has 0 saturated carbocycles. The van der Waals surface area contributed by atoms with Gasteiger partial charge in [-0.05, 0) is 42.0 Å². The number of hydrogen-bond acceptors (Lipinski definition) is 6. The summed E-state index contributed by atoms with van der Waals surface area (Å²) < 4.78 is 18.1. The monoisotopic (exact) mass is 452 g/mol. The van der Waals surface area contributed by atoms with Crippen LogP contribution in [0.4, 0.5) is 0 Å². The summed E-state index contributed by atoms with van der Waals surface area (Å²) in [7, 11) is 0. The Bertz CT molecular complexity index is 917. The van der Waals surface area contributed by atoms with E-state index in [4.69, 9.17) is 25.5 Å². The highest BCUT2D eigenvalue weighted by Crippen LogP contribution is 2.39. The molecule has 0 atom stereocenters. The zero-order valence-corrected chi connectivity index (χ0v) is 16.7. The fraction of sp³-hybridized carbons (Fsp3) is 0.222. The molecule has 0 fully saturated rings. The Kier molecular flexibility index (Phi) is 5.38. The molecular formula is C18H14BrClN2O3S. The molecule has 1 aliphatic rings. The summed E-state index contributed by atoms with van der Waals surface area (Å²) in [4.78, 5) is 0. The summed E-state index contributed by atoms with van der Waals surface area (Å²) >= 11 is 11.2. The third-order valence-electron chi connectivity index (χ3n) is 3.72. The highest BCUT2D eigenvalue weighted by atomic mass is 79.9. The van der Waals surface area contributed by atoms with Crippen molar-refractivity contribution in [3.8, 4) is 23.0 Å². The maximum Gasteiger partial charge on any atom is 0.277 e. The molecule has 5 nitrogen and oxygen atoms in total. The smallest absolute Gasteiger partial charge is 0.277 e. The van der Waals surface area contributed by atoms with Gasteiger partial charge in [-0.25, -0.2) is 0 Å². The van der Waals surface area contributed by atoms with Crippen LogP contribution >= 0.6 is 39.3 Å². The first-order valence-corrected chi connectivity index (χ1v) is 10.1. The van der Waals surface area contributed by atoms with Gasteiger partial charge in [0.25, 0.3) is 5.22 Å². The lowest BCUT2D eigenvalue weighted by Crippen LogP contribution is -1.97. The van der Waals surface area contributed by atoms with Crippen LogP contribution in [0.15, 0.2) is 50.5 Å². The van der Waals surface area contributed by atoms with Gasteiger partial charge < -0.3 is 13.9 Å². The molecule has 3 aromatic rings. The van der Waals surface area contributed by atoms with Gasteiger partial charge >= 0.3 is 0 Å². The molecule has 0 aliphatic carbocycles. The zero-order valence-electron chi connectivity index (χ0n) is 13.6. The molecule has 0 unspecified atom stereocenters. The largest absolute Gasteiger partial charge is 0.489 e. The number of aromatic nitrogens is 2. The number of fused-ring (bicyclic) bond motifs is 1. The fourth-order valence-corrected chi connectivity index (χ4v) is 3.74. The molecule has 0 N–H and O–H groups in total. The Morgan fingerprint density at radius 1 is 1.08 bits per heavy atom. The Balaban J connectivity index is 1.47. The minimum absolute atomic E-state index is 0.497. The number of benzene rings is 2. The fourth-order valence-electron chi connectivity index (χ4n) is 2.49. The van der Waals surface area contributed by atoms with Gasteiger partial charge in [0.2, 0.25) is 5.89 Å². The van der Waals surface area contributed by atoms with E-state index in [0.29, 0.717) is 46.6 Å². The number of nitrogens with zero attached hydrogens (tertiary/aromatic N) is 2. The molecule has 2 heterocycles. The van der Waals surface area contributed by atoms with Crippen LogP contribution in [0.5, 0.6) is 11.5 Å². The number of halogens is 2. The van der Waals surface area contributed by atoms with Crippen LogP contribution in [0.3, 0.4) is 0 Å². The molecule has 0 bridgehead atoms.